The number of anilines is 1. The van der Waals surface area contributed by atoms with Gasteiger partial charge in [0.15, 0.2) is 0 Å². The molecule has 0 radical (unpaired) electrons. The summed E-state index contributed by atoms with van der Waals surface area (Å²) in [6, 6.07) is 11.0. The summed E-state index contributed by atoms with van der Waals surface area (Å²) in [4.78, 5) is 8.99. The highest BCUT2D eigenvalue weighted by atomic mass is 15.1. The van der Waals surface area contributed by atoms with Crippen LogP contribution in [0, 0.1) is 13.8 Å². The molecular formula is C17H21N3. The van der Waals surface area contributed by atoms with Crippen molar-refractivity contribution in [2.75, 3.05) is 5.32 Å². The van der Waals surface area contributed by atoms with Crippen LogP contribution in [0.5, 0.6) is 0 Å². The van der Waals surface area contributed by atoms with Gasteiger partial charge in [0.2, 0.25) is 5.95 Å². The van der Waals surface area contributed by atoms with Gasteiger partial charge in [-0.15, -0.1) is 0 Å². The highest BCUT2D eigenvalue weighted by Crippen LogP contribution is 2.45. The van der Waals surface area contributed by atoms with Crippen molar-refractivity contribution in [2.24, 2.45) is 0 Å². The molecule has 1 N–H and O–H groups in total. The molecule has 0 amide bonds. The summed E-state index contributed by atoms with van der Waals surface area (Å²) < 4.78 is 0. The van der Waals surface area contributed by atoms with E-state index in [-0.39, 0.29) is 5.41 Å². The van der Waals surface area contributed by atoms with E-state index in [1.54, 1.807) is 0 Å². The van der Waals surface area contributed by atoms with E-state index in [0.717, 1.165) is 23.8 Å². The Morgan fingerprint density at radius 1 is 1.10 bits per heavy atom. The van der Waals surface area contributed by atoms with Gasteiger partial charge in [-0.2, -0.15) is 0 Å². The fraction of sp³-hybridized carbons (Fsp3) is 0.412. The number of nitrogens with one attached hydrogen (secondary N) is 1. The molecule has 0 bridgehead atoms. The van der Waals surface area contributed by atoms with Crippen LogP contribution in [0.1, 0.15) is 48.8 Å². The van der Waals surface area contributed by atoms with Crippen LogP contribution in [0.3, 0.4) is 0 Å². The molecule has 3 rings (SSSR count). The first-order valence-electron chi connectivity index (χ1n) is 7.14. The van der Waals surface area contributed by atoms with E-state index >= 15 is 0 Å². The first-order chi connectivity index (χ1) is 9.45. The SMILES string of the molecule is Cc1cc(C)nc(NC2CC(C)(C)c3ccccc32)n1. The molecule has 0 fully saturated rings. The first-order valence-corrected chi connectivity index (χ1v) is 7.14. The molecule has 1 heterocycles. The van der Waals surface area contributed by atoms with E-state index in [0.29, 0.717) is 6.04 Å². The smallest absolute Gasteiger partial charge is 0.223 e. The van der Waals surface area contributed by atoms with Crippen molar-refractivity contribution >= 4 is 5.95 Å². The topological polar surface area (TPSA) is 37.8 Å². The molecule has 104 valence electrons. The van der Waals surface area contributed by atoms with Gasteiger partial charge >= 0.3 is 0 Å². The lowest BCUT2D eigenvalue weighted by atomic mass is 9.86. The summed E-state index contributed by atoms with van der Waals surface area (Å²) in [5.41, 5.74) is 5.02. The van der Waals surface area contributed by atoms with Gasteiger partial charge in [-0.25, -0.2) is 9.97 Å². The Balaban J connectivity index is 1.93. The van der Waals surface area contributed by atoms with Crippen LogP contribution < -0.4 is 5.32 Å². The summed E-state index contributed by atoms with van der Waals surface area (Å²) in [5.74, 6) is 0.736. The fourth-order valence-electron chi connectivity index (χ4n) is 3.22. The third-order valence-corrected chi connectivity index (χ3v) is 4.07. The minimum absolute atomic E-state index is 0.202. The second-order valence-corrected chi connectivity index (χ2v) is 6.35. The van der Waals surface area contributed by atoms with Crippen molar-refractivity contribution in [1.82, 2.24) is 9.97 Å². The summed E-state index contributed by atoms with van der Waals surface area (Å²) in [7, 11) is 0. The molecule has 1 aliphatic carbocycles. The number of aromatic nitrogens is 2. The predicted molar refractivity (Wildman–Crippen MR) is 82.0 cm³/mol. The van der Waals surface area contributed by atoms with Crippen LogP contribution in [-0.4, -0.2) is 9.97 Å². The van der Waals surface area contributed by atoms with Crippen molar-refractivity contribution in [2.45, 2.75) is 45.6 Å². The molecule has 3 nitrogen and oxygen atoms in total. The Kier molecular flexibility index (Phi) is 3.00. The molecule has 1 aromatic heterocycles. The van der Waals surface area contributed by atoms with Crippen LogP contribution in [0.15, 0.2) is 30.3 Å². The van der Waals surface area contributed by atoms with Crippen LogP contribution in [0.2, 0.25) is 0 Å². The third kappa shape index (κ3) is 2.28. The second-order valence-electron chi connectivity index (χ2n) is 6.35. The molecule has 0 saturated carbocycles. The Labute approximate surface area is 120 Å². The molecule has 0 saturated heterocycles. The summed E-state index contributed by atoms with van der Waals surface area (Å²) >= 11 is 0. The summed E-state index contributed by atoms with van der Waals surface area (Å²) in [5, 5.41) is 3.51. The monoisotopic (exact) mass is 267 g/mol. The zero-order chi connectivity index (χ0) is 14.3. The number of hydrogen-bond acceptors (Lipinski definition) is 3. The largest absolute Gasteiger partial charge is 0.347 e. The predicted octanol–water partition coefficient (Wildman–Crippen LogP) is 3.93. The number of benzene rings is 1. The first kappa shape index (κ1) is 13.1. The maximum Gasteiger partial charge on any atom is 0.223 e. The molecule has 20 heavy (non-hydrogen) atoms. The number of rotatable bonds is 2. The van der Waals surface area contributed by atoms with Gasteiger partial charge in [0.1, 0.15) is 0 Å². The van der Waals surface area contributed by atoms with Crippen LogP contribution >= 0.6 is 0 Å². The van der Waals surface area contributed by atoms with Crippen molar-refractivity contribution in [3.05, 3.63) is 52.8 Å². The van der Waals surface area contributed by atoms with Crippen LogP contribution in [0.4, 0.5) is 5.95 Å². The van der Waals surface area contributed by atoms with Gasteiger partial charge in [-0.05, 0) is 42.9 Å². The lowest BCUT2D eigenvalue weighted by Crippen LogP contribution is -2.15. The van der Waals surface area contributed by atoms with E-state index in [4.69, 9.17) is 0 Å². The van der Waals surface area contributed by atoms with Gasteiger partial charge in [0, 0.05) is 11.4 Å². The molecule has 0 spiro atoms. The Morgan fingerprint density at radius 3 is 2.45 bits per heavy atom. The summed E-state index contributed by atoms with van der Waals surface area (Å²) in [6.45, 7) is 8.62. The number of aryl methyl sites for hydroxylation is 2. The molecule has 3 heteroatoms. The van der Waals surface area contributed by atoms with Crippen molar-refractivity contribution in [3.63, 3.8) is 0 Å². The van der Waals surface area contributed by atoms with Gasteiger partial charge < -0.3 is 5.32 Å². The fourth-order valence-corrected chi connectivity index (χ4v) is 3.22. The van der Waals surface area contributed by atoms with E-state index in [1.807, 2.05) is 19.9 Å². The Morgan fingerprint density at radius 2 is 1.75 bits per heavy atom. The second kappa shape index (κ2) is 4.58. The quantitative estimate of drug-likeness (QED) is 0.896. The lowest BCUT2D eigenvalue weighted by Gasteiger charge is -2.19. The Bertz CT molecular complexity index is 626. The van der Waals surface area contributed by atoms with E-state index in [1.165, 1.54) is 11.1 Å². The summed E-state index contributed by atoms with van der Waals surface area (Å²) in [6.07, 6.45) is 1.07. The molecular weight excluding hydrogens is 246 g/mol. The molecule has 2 aromatic rings. The standard InChI is InChI=1S/C17H21N3/c1-11-9-12(2)19-16(18-11)20-15-10-17(3,4)14-8-6-5-7-13(14)15/h5-9,15H,10H2,1-4H3,(H,18,19,20). The number of nitrogens with zero attached hydrogens (tertiary/aromatic N) is 2. The van der Waals surface area contributed by atoms with Crippen molar-refractivity contribution < 1.29 is 0 Å². The highest BCUT2D eigenvalue weighted by Gasteiger charge is 2.36. The van der Waals surface area contributed by atoms with Gasteiger partial charge in [0.05, 0.1) is 6.04 Å². The normalized spacial score (nSPS) is 19.7. The zero-order valence-electron chi connectivity index (χ0n) is 12.6. The average Bonchev–Trinajstić information content (AvgIpc) is 2.60. The van der Waals surface area contributed by atoms with Crippen LogP contribution in [0.25, 0.3) is 0 Å². The molecule has 1 aromatic carbocycles. The molecule has 0 aliphatic heterocycles. The minimum Gasteiger partial charge on any atom is -0.347 e. The number of hydrogen-bond donors (Lipinski definition) is 1. The van der Waals surface area contributed by atoms with E-state index < -0.39 is 0 Å². The Hall–Kier alpha value is -1.90. The molecule has 1 aliphatic rings. The molecule has 1 atom stereocenters. The minimum atomic E-state index is 0.202. The van der Waals surface area contributed by atoms with Crippen LogP contribution in [-0.2, 0) is 5.41 Å². The van der Waals surface area contributed by atoms with Crippen molar-refractivity contribution in [3.8, 4) is 0 Å². The van der Waals surface area contributed by atoms with Gasteiger partial charge in [-0.1, -0.05) is 38.1 Å². The van der Waals surface area contributed by atoms with Crippen molar-refractivity contribution in [1.29, 1.82) is 0 Å². The van der Waals surface area contributed by atoms with Gasteiger partial charge in [-0.3, -0.25) is 0 Å². The highest BCUT2D eigenvalue weighted by molar-refractivity contribution is 5.45. The average molecular weight is 267 g/mol. The zero-order valence-corrected chi connectivity index (χ0v) is 12.6. The number of fused-ring (bicyclic) bond motifs is 1. The molecule has 1 unspecified atom stereocenters. The lowest BCUT2D eigenvalue weighted by molar-refractivity contribution is 0.492. The maximum absolute atomic E-state index is 4.50. The van der Waals surface area contributed by atoms with E-state index in [2.05, 4.69) is 53.4 Å². The third-order valence-electron chi connectivity index (χ3n) is 4.07. The van der Waals surface area contributed by atoms with E-state index in [9.17, 15) is 0 Å². The maximum atomic E-state index is 4.50. The van der Waals surface area contributed by atoms with Gasteiger partial charge in [0.25, 0.3) is 0 Å².